The van der Waals surface area contributed by atoms with Gasteiger partial charge in [-0.2, -0.15) is 0 Å². The van der Waals surface area contributed by atoms with Crippen LogP contribution in [0.2, 0.25) is 5.02 Å². The van der Waals surface area contributed by atoms with E-state index in [1.165, 1.54) is 0 Å². The molecule has 3 aliphatic heterocycles. The number of rotatable bonds is 2. The summed E-state index contributed by atoms with van der Waals surface area (Å²) in [5.74, 6) is 1.55. The lowest BCUT2D eigenvalue weighted by Gasteiger charge is -2.32. The third-order valence-electron chi connectivity index (χ3n) is 4.69. The number of nitrogen functional groups attached to an aromatic ring is 1. The van der Waals surface area contributed by atoms with E-state index >= 15 is 0 Å². The fraction of sp³-hybridized carbons (Fsp3) is 0.562. The minimum Gasteiger partial charge on any atom is -0.485 e. The van der Waals surface area contributed by atoms with Gasteiger partial charge in [-0.1, -0.05) is 11.6 Å². The van der Waals surface area contributed by atoms with Gasteiger partial charge in [-0.3, -0.25) is 5.01 Å². The van der Waals surface area contributed by atoms with E-state index < -0.39 is 0 Å². The summed E-state index contributed by atoms with van der Waals surface area (Å²) in [5, 5.41) is 7.09. The van der Waals surface area contributed by atoms with Gasteiger partial charge in [-0.05, 0) is 39.0 Å². The first-order valence-corrected chi connectivity index (χ1v) is 8.56. The second-order valence-corrected chi connectivity index (χ2v) is 6.73. The summed E-state index contributed by atoms with van der Waals surface area (Å²) in [5.41, 5.74) is 7.08. The summed E-state index contributed by atoms with van der Waals surface area (Å²) in [6.07, 6.45) is 2.16. The minimum atomic E-state index is 0.390. The molecule has 4 rings (SSSR count). The highest BCUT2D eigenvalue weighted by molar-refractivity contribution is 6.34. The number of hydrogen-bond acceptors (Lipinski definition) is 7. The fourth-order valence-corrected chi connectivity index (χ4v) is 3.46. The monoisotopic (exact) mass is 352 g/mol. The van der Waals surface area contributed by atoms with Crippen LogP contribution in [-0.4, -0.2) is 61.9 Å². The number of piperidine rings is 1. The molecule has 0 bridgehead atoms. The molecule has 0 atom stereocenters. The van der Waals surface area contributed by atoms with Crippen molar-refractivity contribution >= 4 is 23.2 Å². The van der Waals surface area contributed by atoms with Gasteiger partial charge in [-0.25, -0.2) is 0 Å². The Balaban J connectivity index is 1.62. The summed E-state index contributed by atoms with van der Waals surface area (Å²) in [4.78, 5) is 2.33. The maximum Gasteiger partial charge on any atom is 0.244 e. The van der Waals surface area contributed by atoms with Crippen LogP contribution in [0.3, 0.4) is 0 Å². The number of likely N-dealkylation sites (tertiary alicyclic amines) is 1. The van der Waals surface area contributed by atoms with Crippen LogP contribution < -0.4 is 15.2 Å². The second kappa shape index (κ2) is 6.22. The quantitative estimate of drug-likeness (QED) is 0.817. The average Bonchev–Trinajstić information content (AvgIpc) is 3.08. The number of ether oxygens (including phenoxy) is 3. The predicted molar refractivity (Wildman–Crippen MR) is 91.7 cm³/mol. The Bertz CT molecular complexity index is 674. The lowest BCUT2D eigenvalue weighted by atomic mass is 10.1. The van der Waals surface area contributed by atoms with Gasteiger partial charge in [0.1, 0.15) is 13.2 Å². The summed E-state index contributed by atoms with van der Waals surface area (Å²) < 4.78 is 17.2. The van der Waals surface area contributed by atoms with Gasteiger partial charge >= 0.3 is 0 Å². The topological polar surface area (TPSA) is 72.6 Å². The van der Waals surface area contributed by atoms with E-state index in [1.54, 1.807) is 6.07 Å². The SMILES string of the molecule is CN1CCC(N2COC(c3cc(Cl)c(N)c4c3OCCO4)=N2)CC1. The molecule has 2 N–H and O–H groups in total. The average molecular weight is 353 g/mol. The molecule has 24 heavy (non-hydrogen) atoms. The largest absolute Gasteiger partial charge is 0.485 e. The van der Waals surface area contributed by atoms with E-state index in [4.69, 9.17) is 31.5 Å². The van der Waals surface area contributed by atoms with Crippen molar-refractivity contribution in [3.8, 4) is 11.5 Å². The summed E-state index contributed by atoms with van der Waals surface area (Å²) >= 11 is 6.24. The van der Waals surface area contributed by atoms with Crippen molar-refractivity contribution in [3.63, 3.8) is 0 Å². The van der Waals surface area contributed by atoms with Crippen LogP contribution >= 0.6 is 11.6 Å². The molecule has 0 spiro atoms. The van der Waals surface area contributed by atoms with Crippen molar-refractivity contribution in [2.24, 2.45) is 5.10 Å². The van der Waals surface area contributed by atoms with E-state index in [0.29, 0.717) is 59.7 Å². The molecule has 3 heterocycles. The van der Waals surface area contributed by atoms with Gasteiger partial charge in [0.15, 0.2) is 18.2 Å². The summed E-state index contributed by atoms with van der Waals surface area (Å²) in [6.45, 7) is 3.51. The molecule has 1 fully saturated rings. The fourth-order valence-electron chi connectivity index (χ4n) is 3.27. The number of nitrogens with zero attached hydrogens (tertiary/aromatic N) is 3. The molecule has 0 amide bonds. The Morgan fingerprint density at radius 1 is 1.17 bits per heavy atom. The minimum absolute atomic E-state index is 0.390. The van der Waals surface area contributed by atoms with Crippen molar-refractivity contribution < 1.29 is 14.2 Å². The molecule has 0 aliphatic carbocycles. The van der Waals surface area contributed by atoms with Crippen LogP contribution in [0, 0.1) is 0 Å². The van der Waals surface area contributed by atoms with Gasteiger partial charge in [-0.15, -0.1) is 5.10 Å². The summed E-state index contributed by atoms with van der Waals surface area (Å²) in [6, 6.07) is 2.14. The predicted octanol–water partition coefficient (Wildman–Crippen LogP) is 1.74. The first kappa shape index (κ1) is 15.7. The second-order valence-electron chi connectivity index (χ2n) is 6.33. The van der Waals surface area contributed by atoms with Crippen LogP contribution in [0.15, 0.2) is 11.2 Å². The number of hydrogen-bond donors (Lipinski definition) is 1. The van der Waals surface area contributed by atoms with Gasteiger partial charge < -0.3 is 24.8 Å². The Kier molecular flexibility index (Phi) is 4.05. The smallest absolute Gasteiger partial charge is 0.244 e. The third kappa shape index (κ3) is 2.71. The maximum atomic E-state index is 6.24. The van der Waals surface area contributed by atoms with Crippen molar-refractivity contribution in [3.05, 3.63) is 16.7 Å². The molecule has 0 unspecified atom stereocenters. The Hall–Kier alpha value is -1.86. The summed E-state index contributed by atoms with van der Waals surface area (Å²) in [7, 11) is 2.14. The molecule has 3 aliphatic rings. The molecule has 0 aromatic heterocycles. The number of halogens is 1. The highest BCUT2D eigenvalue weighted by Crippen LogP contribution is 2.44. The molecule has 1 aromatic rings. The molecular formula is C16H21ClN4O3. The lowest BCUT2D eigenvalue weighted by molar-refractivity contribution is 0.0800. The molecule has 0 radical (unpaired) electrons. The number of hydrazone groups is 1. The van der Waals surface area contributed by atoms with Crippen molar-refractivity contribution in [2.75, 3.05) is 45.8 Å². The van der Waals surface area contributed by atoms with Crippen molar-refractivity contribution in [1.29, 1.82) is 0 Å². The molecule has 8 heteroatoms. The van der Waals surface area contributed by atoms with Gasteiger partial charge in [0.25, 0.3) is 0 Å². The van der Waals surface area contributed by atoms with Crippen LogP contribution in [0.4, 0.5) is 5.69 Å². The third-order valence-corrected chi connectivity index (χ3v) is 5.01. The van der Waals surface area contributed by atoms with Gasteiger partial charge in [0.2, 0.25) is 5.90 Å². The van der Waals surface area contributed by atoms with E-state index in [0.717, 1.165) is 25.9 Å². The highest BCUT2D eigenvalue weighted by atomic mass is 35.5. The van der Waals surface area contributed by atoms with Crippen LogP contribution in [-0.2, 0) is 4.74 Å². The highest BCUT2D eigenvalue weighted by Gasteiger charge is 2.31. The Labute approximate surface area is 145 Å². The van der Waals surface area contributed by atoms with E-state index in [2.05, 4.69) is 17.0 Å². The lowest BCUT2D eigenvalue weighted by Crippen LogP contribution is -2.40. The van der Waals surface area contributed by atoms with E-state index in [-0.39, 0.29) is 0 Å². The van der Waals surface area contributed by atoms with Crippen molar-refractivity contribution in [1.82, 2.24) is 9.91 Å². The van der Waals surface area contributed by atoms with Gasteiger partial charge in [0.05, 0.1) is 22.3 Å². The van der Waals surface area contributed by atoms with Crippen LogP contribution in [0.5, 0.6) is 11.5 Å². The molecule has 1 aromatic carbocycles. The molecule has 0 saturated carbocycles. The van der Waals surface area contributed by atoms with Crippen molar-refractivity contribution in [2.45, 2.75) is 18.9 Å². The first-order chi connectivity index (χ1) is 11.6. The number of benzene rings is 1. The Morgan fingerprint density at radius 3 is 2.62 bits per heavy atom. The van der Waals surface area contributed by atoms with Gasteiger partial charge in [0, 0.05) is 0 Å². The van der Waals surface area contributed by atoms with Crippen LogP contribution in [0.1, 0.15) is 18.4 Å². The molecule has 7 nitrogen and oxygen atoms in total. The maximum absolute atomic E-state index is 6.24. The molecule has 1 saturated heterocycles. The zero-order chi connectivity index (χ0) is 16.7. The molecular weight excluding hydrogens is 332 g/mol. The normalized spacial score (nSPS) is 21.6. The number of nitrogens with two attached hydrogens (primary N) is 1. The zero-order valence-electron chi connectivity index (χ0n) is 13.6. The van der Waals surface area contributed by atoms with E-state index in [9.17, 15) is 0 Å². The standard InChI is InChI=1S/C16H21ClN4O3/c1-20-4-2-10(3-5-20)21-9-24-16(19-21)11-8-12(17)13(18)15-14(11)22-6-7-23-15/h8,10H,2-7,9,18H2,1H3. The number of anilines is 1. The molecule has 130 valence electrons. The number of fused-ring (bicyclic) bond motifs is 1. The first-order valence-electron chi connectivity index (χ1n) is 8.18. The zero-order valence-corrected chi connectivity index (χ0v) is 14.4. The Morgan fingerprint density at radius 2 is 1.88 bits per heavy atom. The van der Waals surface area contributed by atoms with Crippen LogP contribution in [0.25, 0.3) is 0 Å². The van der Waals surface area contributed by atoms with E-state index in [1.807, 2.05) is 5.01 Å².